The second kappa shape index (κ2) is 13.5. The molecule has 0 aromatic heterocycles. The SMILES string of the molecule is CCNC(=O)[C@H]1N(C(=O)[C@@H](OC(C)=O)[C@H](Cc2ccccc2)NC(=O)c2cc(C)cc(OC(C)=O)c2C)CC(F)(F)C1(C)C. The third-order valence-electron chi connectivity index (χ3n) is 7.71. The van der Waals surface area contributed by atoms with E-state index in [0.717, 1.165) is 11.8 Å². The van der Waals surface area contributed by atoms with Crippen molar-refractivity contribution >= 4 is 29.7 Å². The molecule has 1 fully saturated rings. The molecular formula is C32H39F2N3O7. The Morgan fingerprint density at radius 2 is 1.66 bits per heavy atom. The van der Waals surface area contributed by atoms with Crippen molar-refractivity contribution in [1.29, 1.82) is 0 Å². The maximum atomic E-state index is 15.3. The molecule has 0 radical (unpaired) electrons. The summed E-state index contributed by atoms with van der Waals surface area (Å²) < 4.78 is 41.3. The molecule has 238 valence electrons. The van der Waals surface area contributed by atoms with Crippen LogP contribution in [0.25, 0.3) is 0 Å². The lowest BCUT2D eigenvalue weighted by atomic mass is 9.81. The lowest BCUT2D eigenvalue weighted by Gasteiger charge is -2.35. The van der Waals surface area contributed by atoms with Crippen LogP contribution >= 0.6 is 0 Å². The van der Waals surface area contributed by atoms with Crippen LogP contribution in [0.3, 0.4) is 0 Å². The van der Waals surface area contributed by atoms with Gasteiger partial charge in [-0.25, -0.2) is 8.78 Å². The number of rotatable bonds is 10. The minimum atomic E-state index is -3.46. The van der Waals surface area contributed by atoms with Crippen LogP contribution in [0.1, 0.15) is 61.7 Å². The number of benzene rings is 2. The van der Waals surface area contributed by atoms with Crippen molar-refractivity contribution in [3.8, 4) is 5.75 Å². The molecule has 1 aliphatic heterocycles. The van der Waals surface area contributed by atoms with Gasteiger partial charge in [-0.3, -0.25) is 24.0 Å². The number of carbonyl (C=O) groups is 5. The number of hydrogen-bond acceptors (Lipinski definition) is 7. The molecule has 0 saturated carbocycles. The number of aryl methyl sites for hydroxylation is 1. The van der Waals surface area contributed by atoms with Crippen molar-refractivity contribution in [3.05, 3.63) is 64.7 Å². The quantitative estimate of drug-likeness (QED) is 0.309. The summed E-state index contributed by atoms with van der Waals surface area (Å²) in [6, 6.07) is 9.04. The number of likely N-dealkylation sites (N-methyl/N-ethyl adjacent to an activating group) is 1. The van der Waals surface area contributed by atoms with Crippen LogP contribution in [-0.2, 0) is 30.3 Å². The Kier molecular flexibility index (Phi) is 10.5. The molecular weight excluding hydrogens is 576 g/mol. The Morgan fingerprint density at radius 1 is 1.02 bits per heavy atom. The Bertz CT molecular complexity index is 1430. The standard InChI is InChI=1S/C32H39F2N3O7/c1-8-35-29(41)27-31(6,7)32(33,34)17-37(27)30(42)26(44-21(5)39)24(16-22-12-10-9-11-13-22)36-28(40)23-14-18(2)15-25(19(23)3)43-20(4)38/h9-15,24,26-27H,8,16-17H2,1-7H3,(H,35,41)(H,36,40)/t24-,26-,27+/m0/s1. The van der Waals surface area contributed by atoms with Crippen LogP contribution < -0.4 is 15.4 Å². The monoisotopic (exact) mass is 615 g/mol. The fourth-order valence-electron chi connectivity index (χ4n) is 5.36. The first-order chi connectivity index (χ1) is 20.5. The fraction of sp³-hybridized carbons (Fsp3) is 0.469. The average molecular weight is 616 g/mol. The largest absolute Gasteiger partial charge is 0.450 e. The first-order valence-electron chi connectivity index (χ1n) is 14.3. The number of alkyl halides is 2. The summed E-state index contributed by atoms with van der Waals surface area (Å²) >= 11 is 0. The summed E-state index contributed by atoms with van der Waals surface area (Å²) in [5.41, 5.74) is -0.226. The Morgan fingerprint density at radius 3 is 2.23 bits per heavy atom. The van der Waals surface area contributed by atoms with Gasteiger partial charge < -0.3 is 25.0 Å². The molecule has 2 aromatic rings. The van der Waals surface area contributed by atoms with Gasteiger partial charge in [-0.05, 0) is 50.5 Å². The molecule has 12 heteroatoms. The van der Waals surface area contributed by atoms with E-state index < -0.39 is 65.7 Å². The average Bonchev–Trinajstić information content (AvgIpc) is 3.12. The van der Waals surface area contributed by atoms with Gasteiger partial charge in [0.1, 0.15) is 11.8 Å². The van der Waals surface area contributed by atoms with E-state index in [4.69, 9.17) is 9.47 Å². The number of likely N-dealkylation sites (tertiary alicyclic amines) is 1. The maximum Gasteiger partial charge on any atom is 0.308 e. The second-order valence-corrected chi connectivity index (χ2v) is 11.5. The van der Waals surface area contributed by atoms with Crippen LogP contribution in [0.2, 0.25) is 0 Å². The molecule has 2 N–H and O–H groups in total. The number of hydrogen-bond donors (Lipinski definition) is 2. The van der Waals surface area contributed by atoms with Gasteiger partial charge in [0.2, 0.25) is 12.0 Å². The van der Waals surface area contributed by atoms with Crippen LogP contribution in [0.4, 0.5) is 8.78 Å². The number of carbonyl (C=O) groups excluding carboxylic acids is 5. The van der Waals surface area contributed by atoms with E-state index in [1.54, 1.807) is 63.2 Å². The predicted molar refractivity (Wildman–Crippen MR) is 157 cm³/mol. The summed E-state index contributed by atoms with van der Waals surface area (Å²) in [5.74, 6) is -7.27. The molecule has 1 saturated heterocycles. The molecule has 3 atom stereocenters. The normalized spacial score (nSPS) is 18.1. The van der Waals surface area contributed by atoms with Gasteiger partial charge >= 0.3 is 11.9 Å². The van der Waals surface area contributed by atoms with Crippen molar-refractivity contribution in [1.82, 2.24) is 15.5 Å². The van der Waals surface area contributed by atoms with Crippen LogP contribution in [0.5, 0.6) is 5.75 Å². The van der Waals surface area contributed by atoms with Gasteiger partial charge in [-0.2, -0.15) is 0 Å². The summed E-state index contributed by atoms with van der Waals surface area (Å²) in [6.07, 6.45) is -1.80. The molecule has 0 spiro atoms. The van der Waals surface area contributed by atoms with E-state index in [1.807, 2.05) is 0 Å². The highest BCUT2D eigenvalue weighted by Crippen LogP contribution is 2.48. The van der Waals surface area contributed by atoms with E-state index >= 15 is 8.78 Å². The van der Waals surface area contributed by atoms with E-state index in [2.05, 4.69) is 10.6 Å². The van der Waals surface area contributed by atoms with E-state index in [-0.39, 0.29) is 24.3 Å². The minimum absolute atomic E-state index is 0.0304. The molecule has 10 nitrogen and oxygen atoms in total. The van der Waals surface area contributed by atoms with Crippen molar-refractivity contribution in [2.75, 3.05) is 13.1 Å². The summed E-state index contributed by atoms with van der Waals surface area (Å²) in [6.45, 7) is 8.64. The molecule has 0 bridgehead atoms. The van der Waals surface area contributed by atoms with Gasteiger partial charge in [0.15, 0.2) is 0 Å². The van der Waals surface area contributed by atoms with Crippen molar-refractivity contribution < 1.29 is 42.2 Å². The molecule has 1 aliphatic rings. The second-order valence-electron chi connectivity index (χ2n) is 11.5. The number of esters is 2. The smallest absolute Gasteiger partial charge is 0.308 e. The van der Waals surface area contributed by atoms with Crippen LogP contribution in [0.15, 0.2) is 42.5 Å². The molecule has 0 unspecified atom stereocenters. The van der Waals surface area contributed by atoms with Gasteiger partial charge in [0, 0.05) is 31.5 Å². The Labute approximate surface area is 255 Å². The maximum absolute atomic E-state index is 15.3. The third-order valence-corrected chi connectivity index (χ3v) is 7.71. The van der Waals surface area contributed by atoms with Gasteiger partial charge in [-0.15, -0.1) is 0 Å². The Balaban J connectivity index is 2.10. The lowest BCUT2D eigenvalue weighted by Crippen LogP contribution is -2.58. The van der Waals surface area contributed by atoms with E-state index in [9.17, 15) is 24.0 Å². The summed E-state index contributed by atoms with van der Waals surface area (Å²) in [5, 5.41) is 5.28. The number of ether oxygens (including phenoxy) is 2. The third kappa shape index (κ3) is 7.40. The zero-order valence-electron chi connectivity index (χ0n) is 26.0. The highest BCUT2D eigenvalue weighted by molar-refractivity contribution is 5.98. The zero-order chi connectivity index (χ0) is 33.0. The number of nitrogens with one attached hydrogen (secondary N) is 2. The van der Waals surface area contributed by atoms with Crippen LogP contribution in [-0.4, -0.2) is 71.8 Å². The fourth-order valence-corrected chi connectivity index (χ4v) is 5.36. The van der Waals surface area contributed by atoms with Gasteiger partial charge in [-0.1, -0.05) is 44.2 Å². The first-order valence-corrected chi connectivity index (χ1v) is 14.3. The van der Waals surface area contributed by atoms with E-state index in [0.29, 0.717) is 16.7 Å². The van der Waals surface area contributed by atoms with E-state index in [1.165, 1.54) is 20.8 Å². The van der Waals surface area contributed by atoms with Crippen molar-refractivity contribution in [2.45, 2.75) is 79.0 Å². The van der Waals surface area contributed by atoms with Crippen molar-refractivity contribution in [3.63, 3.8) is 0 Å². The molecule has 0 aliphatic carbocycles. The molecule has 1 heterocycles. The molecule has 44 heavy (non-hydrogen) atoms. The highest BCUT2D eigenvalue weighted by Gasteiger charge is 2.65. The Hall–Kier alpha value is -4.35. The zero-order valence-corrected chi connectivity index (χ0v) is 26.0. The summed E-state index contributed by atoms with van der Waals surface area (Å²) in [4.78, 5) is 65.7. The summed E-state index contributed by atoms with van der Waals surface area (Å²) in [7, 11) is 0. The topological polar surface area (TPSA) is 131 Å². The molecule has 2 aromatic carbocycles. The number of nitrogens with zero attached hydrogens (tertiary/aromatic N) is 1. The predicted octanol–water partition coefficient (Wildman–Crippen LogP) is 3.51. The minimum Gasteiger partial charge on any atom is -0.450 e. The first kappa shape index (κ1) is 34.1. The number of halogens is 2. The molecule has 3 amide bonds. The molecule has 3 rings (SSSR count). The highest BCUT2D eigenvalue weighted by atomic mass is 19.3. The van der Waals surface area contributed by atoms with Crippen molar-refractivity contribution in [2.24, 2.45) is 5.41 Å². The van der Waals surface area contributed by atoms with Crippen LogP contribution in [0, 0.1) is 19.3 Å². The lowest BCUT2D eigenvalue weighted by molar-refractivity contribution is -0.162. The van der Waals surface area contributed by atoms with Gasteiger partial charge in [0.05, 0.1) is 18.0 Å². The van der Waals surface area contributed by atoms with Gasteiger partial charge in [0.25, 0.3) is 17.7 Å². The number of amides is 3.